The first-order valence-electron chi connectivity index (χ1n) is 5.97. The van der Waals surface area contributed by atoms with E-state index >= 15 is 0 Å². The van der Waals surface area contributed by atoms with Gasteiger partial charge in [-0.1, -0.05) is 0 Å². The Morgan fingerprint density at radius 3 is 2.70 bits per heavy atom. The number of benzene rings is 1. The molecule has 0 aliphatic rings. The summed E-state index contributed by atoms with van der Waals surface area (Å²) in [5.41, 5.74) is 0.802. The van der Waals surface area contributed by atoms with Gasteiger partial charge in [-0.05, 0) is 53.2 Å². The van der Waals surface area contributed by atoms with Gasteiger partial charge in [-0.3, -0.25) is 0 Å². The van der Waals surface area contributed by atoms with Crippen LogP contribution >= 0.6 is 15.9 Å². The summed E-state index contributed by atoms with van der Waals surface area (Å²) in [7, 11) is -3.68. The SMILES string of the molecule is CC(Cc1ccco1)Nc1ccc(S(N)(=O)=O)cc1Br. The number of nitrogens with one attached hydrogen (secondary N) is 1. The maximum atomic E-state index is 11.3. The lowest BCUT2D eigenvalue weighted by Gasteiger charge is -2.15. The summed E-state index contributed by atoms with van der Waals surface area (Å²) >= 11 is 3.34. The minimum absolute atomic E-state index is 0.0774. The molecule has 0 fully saturated rings. The monoisotopic (exact) mass is 358 g/mol. The highest BCUT2D eigenvalue weighted by Gasteiger charge is 2.12. The lowest BCUT2D eigenvalue weighted by Crippen LogP contribution is -2.18. The molecule has 0 saturated carbocycles. The predicted molar refractivity (Wildman–Crippen MR) is 81.0 cm³/mol. The molecule has 5 nitrogen and oxygen atoms in total. The number of rotatable bonds is 5. The molecule has 1 atom stereocenters. The van der Waals surface area contributed by atoms with Crippen LogP contribution in [0.1, 0.15) is 12.7 Å². The third-order valence-electron chi connectivity index (χ3n) is 2.76. The zero-order valence-corrected chi connectivity index (χ0v) is 13.2. The van der Waals surface area contributed by atoms with Crippen LogP contribution in [-0.4, -0.2) is 14.5 Å². The molecule has 2 rings (SSSR count). The molecular formula is C13H15BrN2O3S. The second-order valence-corrected chi connectivity index (χ2v) is 6.93. The first-order chi connectivity index (χ1) is 9.36. The third kappa shape index (κ3) is 3.84. The first-order valence-corrected chi connectivity index (χ1v) is 8.31. The van der Waals surface area contributed by atoms with Gasteiger partial charge in [0.2, 0.25) is 10.0 Å². The normalized spacial score (nSPS) is 13.2. The Kier molecular flexibility index (Phi) is 4.52. The van der Waals surface area contributed by atoms with Crippen LogP contribution < -0.4 is 10.5 Å². The van der Waals surface area contributed by atoms with Gasteiger partial charge in [0.25, 0.3) is 0 Å². The fraction of sp³-hybridized carbons (Fsp3) is 0.231. The highest BCUT2D eigenvalue weighted by atomic mass is 79.9. The Bertz CT molecular complexity index is 684. The minimum Gasteiger partial charge on any atom is -0.469 e. The summed E-state index contributed by atoms with van der Waals surface area (Å²) < 4.78 is 28.4. The first kappa shape index (κ1) is 15.1. The van der Waals surface area contributed by atoms with E-state index in [9.17, 15) is 8.42 Å². The van der Waals surface area contributed by atoms with E-state index in [4.69, 9.17) is 9.56 Å². The number of halogens is 1. The Labute approximate surface area is 126 Å². The van der Waals surface area contributed by atoms with Crippen LogP contribution in [0.25, 0.3) is 0 Å². The van der Waals surface area contributed by atoms with Gasteiger partial charge >= 0.3 is 0 Å². The van der Waals surface area contributed by atoms with Crippen LogP contribution in [0.4, 0.5) is 5.69 Å². The van der Waals surface area contributed by atoms with Crippen molar-refractivity contribution in [3.8, 4) is 0 Å². The molecule has 0 aliphatic heterocycles. The second kappa shape index (κ2) is 5.99. The summed E-state index contributed by atoms with van der Waals surface area (Å²) in [5.74, 6) is 0.891. The van der Waals surface area contributed by atoms with Gasteiger partial charge in [0.1, 0.15) is 5.76 Å². The lowest BCUT2D eigenvalue weighted by atomic mass is 10.2. The highest BCUT2D eigenvalue weighted by molar-refractivity contribution is 9.10. The number of anilines is 1. The van der Waals surface area contributed by atoms with Gasteiger partial charge < -0.3 is 9.73 Å². The molecule has 1 aromatic carbocycles. The maximum absolute atomic E-state index is 11.3. The van der Waals surface area contributed by atoms with E-state index in [1.807, 2.05) is 19.1 Å². The van der Waals surface area contributed by atoms with Gasteiger partial charge in [0, 0.05) is 22.6 Å². The molecule has 0 radical (unpaired) electrons. The van der Waals surface area contributed by atoms with Gasteiger partial charge in [-0.15, -0.1) is 0 Å². The summed E-state index contributed by atoms with van der Waals surface area (Å²) in [6, 6.07) is 8.54. The molecule has 1 aromatic heterocycles. The zero-order chi connectivity index (χ0) is 14.8. The van der Waals surface area contributed by atoms with Crippen LogP contribution in [0.5, 0.6) is 0 Å². The van der Waals surface area contributed by atoms with Crippen LogP contribution in [0, 0.1) is 0 Å². The Hall–Kier alpha value is -1.31. The number of hydrogen-bond acceptors (Lipinski definition) is 4. The van der Waals surface area contributed by atoms with E-state index in [2.05, 4.69) is 21.2 Å². The minimum atomic E-state index is -3.68. The quantitative estimate of drug-likeness (QED) is 0.860. The Morgan fingerprint density at radius 1 is 1.40 bits per heavy atom. The Balaban J connectivity index is 2.10. The molecule has 0 aliphatic carbocycles. The highest BCUT2D eigenvalue weighted by Crippen LogP contribution is 2.26. The van der Waals surface area contributed by atoms with E-state index in [0.29, 0.717) is 4.47 Å². The van der Waals surface area contributed by atoms with Crippen LogP contribution in [-0.2, 0) is 16.4 Å². The summed E-state index contributed by atoms with van der Waals surface area (Å²) in [6.45, 7) is 2.02. The van der Waals surface area contributed by atoms with Crippen molar-refractivity contribution in [2.75, 3.05) is 5.32 Å². The van der Waals surface area contributed by atoms with Gasteiger partial charge in [0.15, 0.2) is 0 Å². The number of sulfonamides is 1. The molecule has 2 aromatic rings. The molecule has 108 valence electrons. The fourth-order valence-corrected chi connectivity index (χ4v) is 3.02. The van der Waals surface area contributed by atoms with Crippen molar-refractivity contribution in [1.29, 1.82) is 0 Å². The zero-order valence-electron chi connectivity index (χ0n) is 10.8. The number of primary sulfonamides is 1. The van der Waals surface area contributed by atoms with Crippen molar-refractivity contribution >= 4 is 31.6 Å². The van der Waals surface area contributed by atoms with Gasteiger partial charge in [0.05, 0.1) is 11.2 Å². The van der Waals surface area contributed by atoms with Gasteiger partial charge in [-0.25, -0.2) is 13.6 Å². The summed E-state index contributed by atoms with van der Waals surface area (Å²) in [6.07, 6.45) is 2.37. The second-order valence-electron chi connectivity index (χ2n) is 4.52. The van der Waals surface area contributed by atoms with E-state index in [1.165, 1.54) is 12.1 Å². The topological polar surface area (TPSA) is 85.3 Å². The third-order valence-corrected chi connectivity index (χ3v) is 4.33. The molecule has 0 bridgehead atoms. The van der Waals surface area contributed by atoms with Gasteiger partial charge in [-0.2, -0.15) is 0 Å². The van der Waals surface area contributed by atoms with Crippen molar-refractivity contribution in [1.82, 2.24) is 0 Å². The van der Waals surface area contributed by atoms with Crippen molar-refractivity contribution < 1.29 is 12.8 Å². The van der Waals surface area contributed by atoms with Crippen LogP contribution in [0.3, 0.4) is 0 Å². The van der Waals surface area contributed by atoms with Crippen LogP contribution in [0.15, 0.2) is 50.4 Å². The summed E-state index contributed by atoms with van der Waals surface area (Å²) in [5, 5.41) is 8.37. The average molecular weight is 359 g/mol. The van der Waals surface area contributed by atoms with Crippen molar-refractivity contribution in [2.45, 2.75) is 24.3 Å². The molecule has 1 heterocycles. The molecule has 7 heteroatoms. The molecule has 0 amide bonds. The largest absolute Gasteiger partial charge is 0.469 e. The van der Waals surface area contributed by atoms with E-state index in [-0.39, 0.29) is 10.9 Å². The molecule has 0 saturated heterocycles. The summed E-state index contributed by atoms with van der Waals surface area (Å²) in [4.78, 5) is 0.0774. The predicted octanol–water partition coefficient (Wildman–Crippen LogP) is 2.73. The maximum Gasteiger partial charge on any atom is 0.238 e. The van der Waals surface area contributed by atoms with E-state index in [0.717, 1.165) is 17.9 Å². The van der Waals surface area contributed by atoms with E-state index < -0.39 is 10.0 Å². The smallest absolute Gasteiger partial charge is 0.238 e. The number of hydrogen-bond donors (Lipinski definition) is 2. The van der Waals surface area contributed by atoms with E-state index in [1.54, 1.807) is 12.3 Å². The number of nitrogens with two attached hydrogens (primary N) is 1. The molecule has 0 spiro atoms. The lowest BCUT2D eigenvalue weighted by molar-refractivity contribution is 0.498. The standard InChI is InChI=1S/C13H15BrN2O3S/c1-9(7-10-3-2-6-19-10)16-13-5-4-11(8-12(13)14)20(15,17)18/h2-6,8-9,16H,7H2,1H3,(H2,15,17,18). The molecule has 20 heavy (non-hydrogen) atoms. The molecule has 1 unspecified atom stereocenters. The Morgan fingerprint density at radius 2 is 2.15 bits per heavy atom. The van der Waals surface area contributed by atoms with Crippen LogP contribution in [0.2, 0.25) is 0 Å². The fourth-order valence-electron chi connectivity index (χ4n) is 1.84. The van der Waals surface area contributed by atoms with Crippen molar-refractivity contribution in [2.24, 2.45) is 5.14 Å². The van der Waals surface area contributed by atoms with Crippen molar-refractivity contribution in [3.05, 3.63) is 46.8 Å². The number of furan rings is 1. The molecular weight excluding hydrogens is 344 g/mol. The van der Waals surface area contributed by atoms with Crippen molar-refractivity contribution in [3.63, 3.8) is 0 Å². The average Bonchev–Trinajstić information content (AvgIpc) is 2.83. The molecule has 3 N–H and O–H groups in total.